The molecule has 0 aliphatic rings. The van der Waals surface area contributed by atoms with E-state index in [0.29, 0.717) is 19.1 Å². The van der Waals surface area contributed by atoms with Gasteiger partial charge in [0.05, 0.1) is 6.20 Å². The molecule has 0 radical (unpaired) electrons. The van der Waals surface area contributed by atoms with Gasteiger partial charge in [0.1, 0.15) is 5.76 Å². The number of rotatable bonds is 3. The van der Waals surface area contributed by atoms with Gasteiger partial charge in [0.15, 0.2) is 0 Å². The summed E-state index contributed by atoms with van der Waals surface area (Å²) in [6, 6.07) is 0.544. The highest BCUT2D eigenvalue weighted by Gasteiger charge is 1.95. The van der Waals surface area contributed by atoms with Gasteiger partial charge in [0.25, 0.3) is 6.01 Å². The van der Waals surface area contributed by atoms with Crippen LogP contribution in [0.2, 0.25) is 0 Å². The van der Waals surface area contributed by atoms with E-state index in [2.05, 4.69) is 10.3 Å². The fourth-order valence-electron chi connectivity index (χ4n) is 0.616. The van der Waals surface area contributed by atoms with Crippen LogP contribution >= 0.6 is 0 Å². The van der Waals surface area contributed by atoms with Crippen molar-refractivity contribution in [3.63, 3.8) is 0 Å². The summed E-state index contributed by atoms with van der Waals surface area (Å²) in [6.07, 6.45) is 1.67. The molecule has 1 rings (SSSR count). The summed E-state index contributed by atoms with van der Waals surface area (Å²) in [4.78, 5) is 3.92. The molecular weight excluding hydrogens is 130 g/mol. The van der Waals surface area contributed by atoms with Crippen molar-refractivity contribution >= 4 is 6.01 Å². The van der Waals surface area contributed by atoms with Gasteiger partial charge in [-0.15, -0.1) is 0 Å². The third-order valence-electron chi connectivity index (χ3n) is 1.04. The summed E-state index contributed by atoms with van der Waals surface area (Å²) in [5, 5.41) is 2.91. The van der Waals surface area contributed by atoms with Gasteiger partial charge >= 0.3 is 0 Å². The van der Waals surface area contributed by atoms with Crippen LogP contribution in [0, 0.1) is 6.92 Å². The summed E-state index contributed by atoms with van der Waals surface area (Å²) in [5.74, 6) is 0.805. The van der Waals surface area contributed by atoms with Crippen LogP contribution in [-0.2, 0) is 0 Å². The molecule has 3 N–H and O–H groups in total. The molecule has 0 aliphatic heterocycles. The van der Waals surface area contributed by atoms with E-state index in [0.717, 1.165) is 5.76 Å². The van der Waals surface area contributed by atoms with Crippen molar-refractivity contribution in [3.05, 3.63) is 12.0 Å². The van der Waals surface area contributed by atoms with Crippen LogP contribution < -0.4 is 11.1 Å². The first-order chi connectivity index (χ1) is 4.83. The molecule has 56 valence electrons. The Hall–Kier alpha value is -1.03. The maximum absolute atomic E-state index is 5.25. The summed E-state index contributed by atoms with van der Waals surface area (Å²) in [7, 11) is 0. The van der Waals surface area contributed by atoms with Crippen LogP contribution in [0.4, 0.5) is 6.01 Å². The van der Waals surface area contributed by atoms with Gasteiger partial charge in [-0.1, -0.05) is 0 Å². The molecule has 0 aliphatic carbocycles. The zero-order valence-corrected chi connectivity index (χ0v) is 5.92. The molecule has 0 fully saturated rings. The number of oxazole rings is 1. The lowest BCUT2D eigenvalue weighted by Crippen LogP contribution is -2.13. The number of hydrogen-bond donors (Lipinski definition) is 2. The fourth-order valence-corrected chi connectivity index (χ4v) is 0.616. The van der Waals surface area contributed by atoms with Crippen LogP contribution in [0.15, 0.2) is 10.6 Å². The van der Waals surface area contributed by atoms with Crippen molar-refractivity contribution in [1.29, 1.82) is 0 Å². The predicted octanol–water partition coefficient (Wildman–Crippen LogP) is 0.354. The fraction of sp³-hybridized carbons (Fsp3) is 0.500. The molecule has 4 heteroatoms. The van der Waals surface area contributed by atoms with Crippen molar-refractivity contribution in [2.75, 3.05) is 18.4 Å². The molecule has 0 amide bonds. The largest absolute Gasteiger partial charge is 0.429 e. The van der Waals surface area contributed by atoms with Gasteiger partial charge in [-0.3, -0.25) is 0 Å². The van der Waals surface area contributed by atoms with E-state index in [1.165, 1.54) is 0 Å². The Morgan fingerprint density at radius 2 is 2.60 bits per heavy atom. The van der Waals surface area contributed by atoms with E-state index < -0.39 is 0 Å². The number of anilines is 1. The Bertz CT molecular complexity index is 197. The van der Waals surface area contributed by atoms with E-state index in [4.69, 9.17) is 10.2 Å². The van der Waals surface area contributed by atoms with Gasteiger partial charge < -0.3 is 15.5 Å². The summed E-state index contributed by atoms with van der Waals surface area (Å²) < 4.78 is 5.11. The lowest BCUT2D eigenvalue weighted by Gasteiger charge is -1.95. The van der Waals surface area contributed by atoms with Crippen LogP contribution in [0.25, 0.3) is 0 Å². The summed E-state index contributed by atoms with van der Waals surface area (Å²) >= 11 is 0. The molecule has 0 saturated carbocycles. The third-order valence-corrected chi connectivity index (χ3v) is 1.04. The van der Waals surface area contributed by atoms with Crippen molar-refractivity contribution in [2.45, 2.75) is 6.92 Å². The average molecular weight is 141 g/mol. The minimum atomic E-state index is 0.544. The monoisotopic (exact) mass is 141 g/mol. The Balaban J connectivity index is 2.42. The number of aromatic nitrogens is 1. The smallest absolute Gasteiger partial charge is 0.294 e. The highest BCUT2D eigenvalue weighted by molar-refractivity contribution is 5.19. The summed E-state index contributed by atoms with van der Waals surface area (Å²) in [5.41, 5.74) is 5.25. The quantitative estimate of drug-likeness (QED) is 0.637. The second-order valence-electron chi connectivity index (χ2n) is 1.99. The minimum Gasteiger partial charge on any atom is -0.429 e. The standard InChI is InChI=1S/C6H11N3O/c1-5-4-9-6(10-5)8-3-2-7/h4H,2-3,7H2,1H3,(H,8,9). The number of nitrogens with two attached hydrogens (primary N) is 1. The van der Waals surface area contributed by atoms with Crippen molar-refractivity contribution in [3.8, 4) is 0 Å². The molecule has 1 aromatic heterocycles. The second-order valence-corrected chi connectivity index (χ2v) is 1.99. The third kappa shape index (κ3) is 1.73. The molecule has 0 saturated heterocycles. The Kier molecular flexibility index (Phi) is 2.28. The van der Waals surface area contributed by atoms with E-state index >= 15 is 0 Å². The molecule has 4 nitrogen and oxygen atoms in total. The van der Waals surface area contributed by atoms with Gasteiger partial charge in [0.2, 0.25) is 0 Å². The lowest BCUT2D eigenvalue weighted by molar-refractivity contribution is 0.540. The van der Waals surface area contributed by atoms with Crippen molar-refractivity contribution < 1.29 is 4.42 Å². The summed E-state index contributed by atoms with van der Waals surface area (Å²) in [6.45, 7) is 3.13. The van der Waals surface area contributed by atoms with Gasteiger partial charge in [-0.05, 0) is 6.92 Å². The lowest BCUT2D eigenvalue weighted by atomic mass is 10.6. The predicted molar refractivity (Wildman–Crippen MR) is 38.8 cm³/mol. The van der Waals surface area contributed by atoms with Crippen LogP contribution in [-0.4, -0.2) is 18.1 Å². The molecule has 10 heavy (non-hydrogen) atoms. The number of nitrogens with one attached hydrogen (secondary N) is 1. The van der Waals surface area contributed by atoms with E-state index in [1.807, 2.05) is 6.92 Å². The van der Waals surface area contributed by atoms with Gasteiger partial charge in [-0.2, -0.15) is 0 Å². The zero-order chi connectivity index (χ0) is 7.40. The Morgan fingerprint density at radius 3 is 3.10 bits per heavy atom. The van der Waals surface area contributed by atoms with Gasteiger partial charge in [-0.25, -0.2) is 4.98 Å². The average Bonchev–Trinajstić information content (AvgIpc) is 2.31. The van der Waals surface area contributed by atoms with Crippen LogP contribution in [0.5, 0.6) is 0 Å². The number of nitrogens with zero attached hydrogens (tertiary/aromatic N) is 1. The highest BCUT2D eigenvalue weighted by atomic mass is 16.4. The zero-order valence-electron chi connectivity index (χ0n) is 5.92. The molecule has 0 bridgehead atoms. The maximum atomic E-state index is 5.25. The molecule has 0 atom stereocenters. The van der Waals surface area contributed by atoms with Crippen molar-refractivity contribution in [2.24, 2.45) is 5.73 Å². The second kappa shape index (κ2) is 3.22. The first-order valence-corrected chi connectivity index (χ1v) is 3.19. The van der Waals surface area contributed by atoms with Crippen LogP contribution in [0.3, 0.4) is 0 Å². The number of aryl methyl sites for hydroxylation is 1. The van der Waals surface area contributed by atoms with E-state index in [9.17, 15) is 0 Å². The Morgan fingerprint density at radius 1 is 1.80 bits per heavy atom. The molecule has 1 aromatic rings. The molecular formula is C6H11N3O. The Labute approximate surface area is 59.4 Å². The topological polar surface area (TPSA) is 64.1 Å². The SMILES string of the molecule is Cc1cnc(NCCN)o1. The van der Waals surface area contributed by atoms with Crippen LogP contribution in [0.1, 0.15) is 5.76 Å². The van der Waals surface area contributed by atoms with E-state index in [-0.39, 0.29) is 0 Å². The van der Waals surface area contributed by atoms with Crippen molar-refractivity contribution in [1.82, 2.24) is 4.98 Å². The molecule has 0 unspecified atom stereocenters. The minimum absolute atomic E-state index is 0.544. The van der Waals surface area contributed by atoms with E-state index in [1.54, 1.807) is 6.20 Å². The number of hydrogen-bond acceptors (Lipinski definition) is 4. The molecule has 0 spiro atoms. The molecule has 1 heterocycles. The normalized spacial score (nSPS) is 9.80. The first kappa shape index (κ1) is 7.08. The molecule has 0 aromatic carbocycles. The highest BCUT2D eigenvalue weighted by Crippen LogP contribution is 2.05. The van der Waals surface area contributed by atoms with Gasteiger partial charge in [0, 0.05) is 13.1 Å². The maximum Gasteiger partial charge on any atom is 0.294 e. The first-order valence-electron chi connectivity index (χ1n) is 3.19.